The van der Waals surface area contributed by atoms with E-state index in [9.17, 15) is 14.4 Å². The first-order valence-corrected chi connectivity index (χ1v) is 5.75. The first-order chi connectivity index (χ1) is 8.04. The van der Waals surface area contributed by atoms with Crippen LogP contribution >= 0.6 is 0 Å². The summed E-state index contributed by atoms with van der Waals surface area (Å²) in [5.74, 6) is -0.607. The molecular weight excluding hydrogens is 224 g/mol. The van der Waals surface area contributed by atoms with Crippen LogP contribution in [0.4, 0.5) is 0 Å². The van der Waals surface area contributed by atoms with E-state index in [-0.39, 0.29) is 56.1 Å². The molecule has 1 fully saturated rings. The maximum absolute atomic E-state index is 11.4. The summed E-state index contributed by atoms with van der Waals surface area (Å²) in [6, 6.07) is 0. The van der Waals surface area contributed by atoms with Gasteiger partial charge in [0.25, 0.3) is 0 Å². The highest BCUT2D eigenvalue weighted by Crippen LogP contribution is 2.11. The summed E-state index contributed by atoms with van der Waals surface area (Å²) < 4.78 is 0. The van der Waals surface area contributed by atoms with Gasteiger partial charge in [0.15, 0.2) is 0 Å². The van der Waals surface area contributed by atoms with Crippen LogP contribution in [-0.4, -0.2) is 47.4 Å². The summed E-state index contributed by atoms with van der Waals surface area (Å²) in [4.78, 5) is 35.0. The summed E-state index contributed by atoms with van der Waals surface area (Å²) in [5, 5.41) is 11.4. The average Bonchev–Trinajstić information content (AvgIpc) is 2.63. The molecule has 0 saturated carbocycles. The Kier molecular flexibility index (Phi) is 5.09. The third-order valence-corrected chi connectivity index (χ3v) is 2.68. The summed E-state index contributed by atoms with van der Waals surface area (Å²) in [5.41, 5.74) is 0. The first kappa shape index (κ1) is 13.6. The van der Waals surface area contributed by atoms with E-state index in [1.165, 1.54) is 0 Å². The molecule has 0 aromatic rings. The molecule has 1 saturated heterocycles. The van der Waals surface area contributed by atoms with Gasteiger partial charge in [-0.1, -0.05) is 6.92 Å². The van der Waals surface area contributed by atoms with Crippen LogP contribution < -0.4 is 5.32 Å². The number of hydrogen-bond donors (Lipinski definition) is 2. The molecule has 1 rings (SSSR count). The van der Waals surface area contributed by atoms with Gasteiger partial charge in [0.2, 0.25) is 17.7 Å². The number of carbonyl (C=O) groups excluding carboxylic acids is 3. The van der Waals surface area contributed by atoms with Crippen LogP contribution in [0.2, 0.25) is 0 Å². The van der Waals surface area contributed by atoms with Gasteiger partial charge in [-0.25, -0.2) is 0 Å². The highest BCUT2D eigenvalue weighted by molar-refractivity contribution is 6.02. The Balaban J connectivity index is 2.24. The van der Waals surface area contributed by atoms with E-state index in [0.717, 1.165) is 4.90 Å². The molecule has 6 heteroatoms. The maximum atomic E-state index is 11.4. The van der Waals surface area contributed by atoms with E-state index in [0.29, 0.717) is 6.54 Å². The number of hydrogen-bond acceptors (Lipinski definition) is 4. The lowest BCUT2D eigenvalue weighted by atomic mass is 10.2. The van der Waals surface area contributed by atoms with Gasteiger partial charge in [0.05, 0.1) is 0 Å². The molecular formula is C11H18N2O4. The number of carbonyl (C=O) groups is 3. The van der Waals surface area contributed by atoms with Gasteiger partial charge >= 0.3 is 0 Å². The number of aliphatic hydroxyl groups is 1. The third kappa shape index (κ3) is 4.14. The van der Waals surface area contributed by atoms with E-state index < -0.39 is 0 Å². The molecule has 0 spiro atoms. The van der Waals surface area contributed by atoms with Gasteiger partial charge in [-0.3, -0.25) is 19.3 Å². The molecule has 3 amide bonds. The van der Waals surface area contributed by atoms with Crippen molar-refractivity contribution in [3.05, 3.63) is 0 Å². The zero-order chi connectivity index (χ0) is 12.8. The molecule has 1 atom stereocenters. The Labute approximate surface area is 100.0 Å². The van der Waals surface area contributed by atoms with E-state index in [1.54, 1.807) is 0 Å². The molecule has 1 heterocycles. The van der Waals surface area contributed by atoms with E-state index >= 15 is 0 Å². The van der Waals surface area contributed by atoms with Crippen molar-refractivity contribution in [2.45, 2.75) is 26.2 Å². The van der Waals surface area contributed by atoms with Crippen molar-refractivity contribution in [1.82, 2.24) is 10.2 Å². The Bertz CT molecular complexity index is 301. The molecule has 96 valence electrons. The average molecular weight is 242 g/mol. The smallest absolute Gasteiger partial charge is 0.229 e. The molecule has 0 aromatic carbocycles. The summed E-state index contributed by atoms with van der Waals surface area (Å²) >= 11 is 0. The largest absolute Gasteiger partial charge is 0.396 e. The lowest BCUT2D eigenvalue weighted by Crippen LogP contribution is -2.35. The predicted octanol–water partition coefficient (Wildman–Crippen LogP) is -0.730. The van der Waals surface area contributed by atoms with Gasteiger partial charge in [0, 0.05) is 39.0 Å². The molecule has 6 nitrogen and oxygen atoms in total. The highest BCUT2D eigenvalue weighted by atomic mass is 16.3. The molecule has 0 bridgehead atoms. The molecule has 2 N–H and O–H groups in total. The molecule has 0 aromatic heterocycles. The monoisotopic (exact) mass is 242 g/mol. The topological polar surface area (TPSA) is 86.7 Å². The fourth-order valence-corrected chi connectivity index (χ4v) is 1.53. The van der Waals surface area contributed by atoms with Crippen LogP contribution in [0, 0.1) is 5.92 Å². The van der Waals surface area contributed by atoms with E-state index in [1.807, 2.05) is 6.92 Å². The number of nitrogens with zero attached hydrogens (tertiary/aromatic N) is 1. The zero-order valence-electron chi connectivity index (χ0n) is 9.94. The van der Waals surface area contributed by atoms with Crippen LogP contribution in [0.15, 0.2) is 0 Å². The molecule has 0 radical (unpaired) electrons. The normalized spacial score (nSPS) is 17.4. The SMILES string of the molecule is CC(CO)CNC(=O)CCN1C(=O)CCC1=O. The van der Waals surface area contributed by atoms with E-state index in [2.05, 4.69) is 5.32 Å². The van der Waals surface area contributed by atoms with Gasteiger partial charge in [-0.15, -0.1) is 0 Å². The Morgan fingerprint density at radius 2 is 2.00 bits per heavy atom. The van der Waals surface area contributed by atoms with Crippen LogP contribution in [0.1, 0.15) is 26.2 Å². The fourth-order valence-electron chi connectivity index (χ4n) is 1.53. The van der Waals surface area contributed by atoms with Crippen molar-refractivity contribution in [1.29, 1.82) is 0 Å². The third-order valence-electron chi connectivity index (χ3n) is 2.68. The Morgan fingerprint density at radius 3 is 2.53 bits per heavy atom. The molecule has 17 heavy (non-hydrogen) atoms. The minimum atomic E-state index is -0.210. The van der Waals surface area contributed by atoms with Crippen LogP contribution in [0.3, 0.4) is 0 Å². The van der Waals surface area contributed by atoms with Gasteiger partial charge in [-0.05, 0) is 5.92 Å². The van der Waals surface area contributed by atoms with Crippen LogP contribution in [-0.2, 0) is 14.4 Å². The lowest BCUT2D eigenvalue weighted by Gasteiger charge is -2.14. The van der Waals surface area contributed by atoms with Crippen molar-refractivity contribution >= 4 is 17.7 Å². The maximum Gasteiger partial charge on any atom is 0.229 e. The van der Waals surface area contributed by atoms with Crippen LogP contribution in [0.25, 0.3) is 0 Å². The van der Waals surface area contributed by atoms with E-state index in [4.69, 9.17) is 5.11 Å². The van der Waals surface area contributed by atoms with Crippen molar-refractivity contribution in [3.63, 3.8) is 0 Å². The number of nitrogens with one attached hydrogen (secondary N) is 1. The zero-order valence-corrected chi connectivity index (χ0v) is 9.94. The second-order valence-electron chi connectivity index (χ2n) is 4.28. The molecule has 0 aliphatic carbocycles. The summed E-state index contributed by atoms with van der Waals surface area (Å²) in [6.45, 7) is 2.38. The summed E-state index contributed by atoms with van der Waals surface area (Å²) in [6.07, 6.45) is 0.625. The Hall–Kier alpha value is -1.43. The molecule has 1 unspecified atom stereocenters. The first-order valence-electron chi connectivity index (χ1n) is 5.75. The number of rotatable bonds is 6. The number of likely N-dealkylation sites (tertiary alicyclic amines) is 1. The quantitative estimate of drug-likeness (QED) is 0.601. The van der Waals surface area contributed by atoms with Gasteiger partial charge < -0.3 is 10.4 Å². The summed E-state index contributed by atoms with van der Waals surface area (Å²) in [7, 11) is 0. The van der Waals surface area contributed by atoms with Crippen molar-refractivity contribution in [3.8, 4) is 0 Å². The fraction of sp³-hybridized carbons (Fsp3) is 0.727. The predicted molar refractivity (Wildman–Crippen MR) is 59.8 cm³/mol. The minimum absolute atomic E-state index is 0.00833. The van der Waals surface area contributed by atoms with Crippen LogP contribution in [0.5, 0.6) is 0 Å². The second kappa shape index (κ2) is 6.34. The second-order valence-corrected chi connectivity index (χ2v) is 4.28. The highest BCUT2D eigenvalue weighted by Gasteiger charge is 2.28. The standard InChI is InChI=1S/C11H18N2O4/c1-8(7-14)6-12-9(15)4-5-13-10(16)2-3-11(13)17/h8,14H,2-7H2,1H3,(H,12,15). The number of aliphatic hydroxyl groups excluding tert-OH is 1. The lowest BCUT2D eigenvalue weighted by molar-refractivity contribution is -0.138. The number of amides is 3. The number of imide groups is 1. The van der Waals surface area contributed by atoms with Gasteiger partial charge in [0.1, 0.15) is 0 Å². The van der Waals surface area contributed by atoms with Crippen molar-refractivity contribution in [2.24, 2.45) is 5.92 Å². The van der Waals surface area contributed by atoms with Crippen molar-refractivity contribution in [2.75, 3.05) is 19.7 Å². The van der Waals surface area contributed by atoms with Crippen molar-refractivity contribution < 1.29 is 19.5 Å². The Morgan fingerprint density at radius 1 is 1.41 bits per heavy atom. The molecule has 1 aliphatic rings. The molecule has 1 aliphatic heterocycles. The van der Waals surface area contributed by atoms with Gasteiger partial charge in [-0.2, -0.15) is 0 Å². The minimum Gasteiger partial charge on any atom is -0.396 e.